The molecular weight excluding hydrogens is 328 g/mol. The highest BCUT2D eigenvalue weighted by atomic mass is 32.1. The highest BCUT2D eigenvalue weighted by Crippen LogP contribution is 2.28. The molecule has 118 valence electrons. The molecule has 0 aliphatic carbocycles. The van der Waals surface area contributed by atoms with Gasteiger partial charge in [0.15, 0.2) is 0 Å². The average molecular weight is 344 g/mol. The number of carbonyl (C=O) groups is 1. The lowest BCUT2D eigenvalue weighted by molar-refractivity contribution is 0.0769. The number of benzene rings is 1. The molecule has 0 fully saturated rings. The molecule has 0 spiro atoms. The Morgan fingerprint density at radius 1 is 1.17 bits per heavy atom. The van der Waals surface area contributed by atoms with Crippen molar-refractivity contribution in [1.82, 2.24) is 9.88 Å². The fourth-order valence-corrected chi connectivity index (χ4v) is 3.61. The highest BCUT2D eigenvalue weighted by molar-refractivity contribution is 7.20. The summed E-state index contributed by atoms with van der Waals surface area (Å²) in [5.74, 6) is 0.725. The first-order chi connectivity index (χ1) is 11.2. The van der Waals surface area contributed by atoms with E-state index in [1.54, 1.807) is 23.3 Å². The SMILES string of the molecule is CN(CCOc1ccccc1)C(=O)c1csc(-c2cccs2)n1. The quantitative estimate of drug-likeness (QED) is 0.678. The first kappa shape index (κ1) is 15.7. The summed E-state index contributed by atoms with van der Waals surface area (Å²) in [6.07, 6.45) is 0. The Hall–Kier alpha value is -2.18. The molecule has 0 radical (unpaired) electrons. The van der Waals surface area contributed by atoms with Gasteiger partial charge in [0.25, 0.3) is 5.91 Å². The molecule has 2 heterocycles. The molecule has 0 unspecified atom stereocenters. The molecule has 2 aromatic heterocycles. The Balaban J connectivity index is 1.55. The van der Waals surface area contributed by atoms with E-state index in [9.17, 15) is 4.79 Å². The molecular formula is C17H16N2O2S2. The van der Waals surface area contributed by atoms with Gasteiger partial charge in [0.1, 0.15) is 23.1 Å². The molecule has 0 saturated carbocycles. The zero-order chi connectivity index (χ0) is 16.1. The van der Waals surface area contributed by atoms with Gasteiger partial charge in [-0.2, -0.15) is 0 Å². The number of rotatable bonds is 6. The molecule has 1 amide bonds. The number of para-hydroxylation sites is 1. The van der Waals surface area contributed by atoms with Crippen LogP contribution >= 0.6 is 22.7 Å². The van der Waals surface area contributed by atoms with Gasteiger partial charge in [-0.1, -0.05) is 24.3 Å². The minimum Gasteiger partial charge on any atom is -0.492 e. The van der Waals surface area contributed by atoms with E-state index in [4.69, 9.17) is 4.74 Å². The molecule has 0 aliphatic heterocycles. The third-order valence-corrected chi connectivity index (χ3v) is 5.12. The summed E-state index contributed by atoms with van der Waals surface area (Å²) in [7, 11) is 1.76. The van der Waals surface area contributed by atoms with Gasteiger partial charge in [0.2, 0.25) is 0 Å². The zero-order valence-corrected chi connectivity index (χ0v) is 14.3. The largest absolute Gasteiger partial charge is 0.492 e. The van der Waals surface area contributed by atoms with Gasteiger partial charge in [0.05, 0.1) is 11.4 Å². The second kappa shape index (κ2) is 7.39. The highest BCUT2D eigenvalue weighted by Gasteiger charge is 2.16. The zero-order valence-electron chi connectivity index (χ0n) is 12.6. The summed E-state index contributed by atoms with van der Waals surface area (Å²) in [6, 6.07) is 13.6. The minimum absolute atomic E-state index is 0.0827. The predicted octanol–water partition coefficient (Wildman–Crippen LogP) is 4.02. The molecule has 1 aromatic carbocycles. The van der Waals surface area contributed by atoms with Gasteiger partial charge < -0.3 is 9.64 Å². The van der Waals surface area contributed by atoms with Crippen LogP contribution in [0.3, 0.4) is 0 Å². The summed E-state index contributed by atoms with van der Waals surface area (Å²) in [4.78, 5) is 19.5. The normalized spacial score (nSPS) is 10.5. The number of carbonyl (C=O) groups excluding carboxylic acids is 1. The van der Waals surface area contributed by atoms with E-state index in [-0.39, 0.29) is 5.91 Å². The van der Waals surface area contributed by atoms with Gasteiger partial charge in [0, 0.05) is 12.4 Å². The van der Waals surface area contributed by atoms with Crippen molar-refractivity contribution in [2.75, 3.05) is 20.2 Å². The number of hydrogen-bond acceptors (Lipinski definition) is 5. The monoisotopic (exact) mass is 344 g/mol. The van der Waals surface area contributed by atoms with Crippen LogP contribution in [0.2, 0.25) is 0 Å². The molecule has 3 rings (SSSR count). The minimum atomic E-state index is -0.0827. The lowest BCUT2D eigenvalue weighted by Gasteiger charge is -2.16. The van der Waals surface area contributed by atoms with Crippen molar-refractivity contribution in [2.24, 2.45) is 0 Å². The fourth-order valence-electron chi connectivity index (χ4n) is 2.00. The topological polar surface area (TPSA) is 42.4 Å². The maximum Gasteiger partial charge on any atom is 0.273 e. The van der Waals surface area contributed by atoms with Gasteiger partial charge >= 0.3 is 0 Å². The van der Waals surface area contributed by atoms with Crippen LogP contribution in [0, 0.1) is 0 Å². The van der Waals surface area contributed by atoms with Gasteiger partial charge in [-0.05, 0) is 23.6 Å². The molecule has 4 nitrogen and oxygen atoms in total. The Morgan fingerprint density at radius 3 is 2.74 bits per heavy atom. The maximum atomic E-state index is 12.4. The lowest BCUT2D eigenvalue weighted by Crippen LogP contribution is -2.31. The number of aromatic nitrogens is 1. The maximum absolute atomic E-state index is 12.4. The molecule has 0 saturated heterocycles. The standard InChI is InChI=1S/C17H16N2O2S2/c1-19(9-10-21-13-6-3-2-4-7-13)17(20)14-12-23-16(18-14)15-8-5-11-22-15/h2-8,11-12H,9-10H2,1H3. The Kier molecular flexibility index (Phi) is 5.05. The first-order valence-corrected chi connectivity index (χ1v) is 8.92. The fraction of sp³-hybridized carbons (Fsp3) is 0.176. The Labute approximate surface area is 143 Å². The predicted molar refractivity (Wildman–Crippen MR) is 94.3 cm³/mol. The third-order valence-electron chi connectivity index (χ3n) is 3.24. The van der Waals surface area contributed by atoms with Crippen molar-refractivity contribution in [3.63, 3.8) is 0 Å². The summed E-state index contributed by atoms with van der Waals surface area (Å²) in [5, 5.41) is 4.70. The van der Waals surface area contributed by atoms with Crippen molar-refractivity contribution >= 4 is 28.6 Å². The van der Waals surface area contributed by atoms with E-state index >= 15 is 0 Å². The lowest BCUT2D eigenvalue weighted by atomic mass is 10.3. The summed E-state index contributed by atoms with van der Waals surface area (Å²) < 4.78 is 5.62. The molecule has 6 heteroatoms. The van der Waals surface area contributed by atoms with E-state index in [2.05, 4.69) is 4.98 Å². The number of hydrogen-bond donors (Lipinski definition) is 0. The van der Waals surface area contributed by atoms with Crippen LogP contribution in [0.1, 0.15) is 10.5 Å². The van der Waals surface area contributed by atoms with Crippen LogP contribution in [-0.4, -0.2) is 36.0 Å². The van der Waals surface area contributed by atoms with E-state index in [0.29, 0.717) is 18.8 Å². The van der Waals surface area contributed by atoms with Crippen LogP contribution in [0.15, 0.2) is 53.2 Å². The number of nitrogens with zero attached hydrogens (tertiary/aromatic N) is 2. The summed E-state index contributed by atoms with van der Waals surface area (Å²) in [6.45, 7) is 0.966. The number of ether oxygens (including phenoxy) is 1. The number of thiazole rings is 1. The summed E-state index contributed by atoms with van der Waals surface area (Å²) in [5.41, 5.74) is 0.487. The molecule has 23 heavy (non-hydrogen) atoms. The van der Waals surface area contributed by atoms with Gasteiger partial charge in [-0.15, -0.1) is 22.7 Å². The van der Waals surface area contributed by atoms with Crippen LogP contribution < -0.4 is 4.74 Å². The van der Waals surface area contributed by atoms with Crippen molar-refractivity contribution in [2.45, 2.75) is 0 Å². The van der Waals surface area contributed by atoms with E-state index in [0.717, 1.165) is 15.6 Å². The third kappa shape index (κ3) is 3.97. The van der Waals surface area contributed by atoms with E-state index in [1.165, 1.54) is 11.3 Å². The average Bonchev–Trinajstić information content (AvgIpc) is 3.26. The number of amides is 1. The summed E-state index contributed by atoms with van der Waals surface area (Å²) >= 11 is 3.12. The smallest absolute Gasteiger partial charge is 0.273 e. The van der Waals surface area contributed by atoms with Crippen LogP contribution in [0.25, 0.3) is 9.88 Å². The van der Waals surface area contributed by atoms with Crippen molar-refractivity contribution in [3.05, 3.63) is 58.9 Å². The first-order valence-electron chi connectivity index (χ1n) is 7.17. The number of thiophene rings is 1. The molecule has 3 aromatic rings. The molecule has 0 N–H and O–H groups in total. The van der Waals surface area contributed by atoms with Crippen LogP contribution in [0.4, 0.5) is 0 Å². The van der Waals surface area contributed by atoms with E-state index < -0.39 is 0 Å². The van der Waals surface area contributed by atoms with E-state index in [1.807, 2.05) is 53.2 Å². The van der Waals surface area contributed by atoms with Crippen molar-refractivity contribution in [3.8, 4) is 15.6 Å². The molecule has 0 atom stereocenters. The van der Waals surface area contributed by atoms with Crippen molar-refractivity contribution in [1.29, 1.82) is 0 Å². The number of likely N-dealkylation sites (N-methyl/N-ethyl adjacent to an activating group) is 1. The van der Waals surface area contributed by atoms with Crippen LogP contribution in [0.5, 0.6) is 5.75 Å². The van der Waals surface area contributed by atoms with Gasteiger partial charge in [-0.3, -0.25) is 4.79 Å². The molecule has 0 aliphatic rings. The van der Waals surface area contributed by atoms with Crippen LogP contribution in [-0.2, 0) is 0 Å². The second-order valence-electron chi connectivity index (χ2n) is 4.90. The van der Waals surface area contributed by atoms with Gasteiger partial charge in [-0.25, -0.2) is 4.98 Å². The van der Waals surface area contributed by atoms with Crippen molar-refractivity contribution < 1.29 is 9.53 Å². The molecule has 0 bridgehead atoms. The Bertz CT molecular complexity index is 754. The second-order valence-corrected chi connectivity index (χ2v) is 6.71. The Morgan fingerprint density at radius 2 is 2.00 bits per heavy atom.